The van der Waals surface area contributed by atoms with E-state index in [1.54, 1.807) is 6.26 Å². The summed E-state index contributed by atoms with van der Waals surface area (Å²) in [7, 11) is 0. The van der Waals surface area contributed by atoms with Gasteiger partial charge in [-0.25, -0.2) is 0 Å². The molecular formula is C29H18O. The average molecular weight is 382 g/mol. The predicted octanol–water partition coefficient (Wildman–Crippen LogP) is 7.44. The van der Waals surface area contributed by atoms with E-state index >= 15 is 0 Å². The lowest BCUT2D eigenvalue weighted by molar-refractivity contribution is 0.615. The van der Waals surface area contributed by atoms with Gasteiger partial charge in [-0.15, -0.1) is 0 Å². The second kappa shape index (κ2) is 5.61. The molecule has 0 bridgehead atoms. The molecule has 140 valence electrons. The van der Waals surface area contributed by atoms with Crippen LogP contribution in [0.3, 0.4) is 0 Å². The van der Waals surface area contributed by atoms with E-state index in [0.717, 1.165) is 5.58 Å². The zero-order valence-corrected chi connectivity index (χ0v) is 16.3. The maximum absolute atomic E-state index is 5.70. The zero-order chi connectivity index (χ0) is 19.7. The van der Waals surface area contributed by atoms with E-state index in [1.807, 2.05) is 0 Å². The van der Waals surface area contributed by atoms with E-state index in [-0.39, 0.29) is 5.41 Å². The molecule has 30 heavy (non-hydrogen) atoms. The Bertz CT molecular complexity index is 1430. The van der Waals surface area contributed by atoms with Gasteiger partial charge in [-0.3, -0.25) is 0 Å². The van der Waals surface area contributed by atoms with Gasteiger partial charge < -0.3 is 4.42 Å². The molecule has 0 amide bonds. The zero-order valence-electron chi connectivity index (χ0n) is 16.3. The van der Waals surface area contributed by atoms with E-state index in [9.17, 15) is 0 Å². The van der Waals surface area contributed by atoms with Crippen molar-refractivity contribution in [1.82, 2.24) is 0 Å². The van der Waals surface area contributed by atoms with E-state index in [2.05, 4.69) is 103 Å². The lowest BCUT2D eigenvalue weighted by Gasteiger charge is -2.32. The molecule has 5 aromatic rings. The number of hydrogen-bond donors (Lipinski definition) is 0. The van der Waals surface area contributed by atoms with Crippen molar-refractivity contribution in [3.8, 4) is 22.3 Å². The minimum absolute atomic E-state index is 0.326. The van der Waals surface area contributed by atoms with Crippen molar-refractivity contribution in [2.24, 2.45) is 0 Å². The first kappa shape index (κ1) is 16.0. The molecule has 2 aliphatic carbocycles. The molecule has 4 aromatic carbocycles. The van der Waals surface area contributed by atoms with Crippen molar-refractivity contribution in [1.29, 1.82) is 0 Å². The standard InChI is InChI=1S/C29H18O/c1-2-8-20-19(7-1)21-9-3-5-11-25(21)29(26-12-6-4-10-22(20)26)17-15-23-24-16-18-30-28(24)14-13-27(23)29/h1-18H. The summed E-state index contributed by atoms with van der Waals surface area (Å²) in [6.07, 6.45) is 6.47. The summed E-state index contributed by atoms with van der Waals surface area (Å²) in [6, 6.07) is 33.0. The molecular weight excluding hydrogens is 364 g/mol. The van der Waals surface area contributed by atoms with Crippen molar-refractivity contribution in [3.05, 3.63) is 126 Å². The molecule has 0 atom stereocenters. The molecule has 2 aliphatic rings. The highest BCUT2D eigenvalue weighted by Gasteiger charge is 2.43. The highest BCUT2D eigenvalue weighted by Crippen LogP contribution is 2.56. The van der Waals surface area contributed by atoms with Gasteiger partial charge in [-0.05, 0) is 56.6 Å². The predicted molar refractivity (Wildman–Crippen MR) is 122 cm³/mol. The molecule has 0 fully saturated rings. The molecule has 1 aromatic heterocycles. The third kappa shape index (κ3) is 1.83. The first-order valence-electron chi connectivity index (χ1n) is 10.4. The molecule has 1 spiro atoms. The Morgan fingerprint density at radius 3 is 1.80 bits per heavy atom. The van der Waals surface area contributed by atoms with Crippen LogP contribution in [-0.2, 0) is 5.41 Å². The van der Waals surface area contributed by atoms with Crippen LogP contribution in [-0.4, -0.2) is 0 Å². The fourth-order valence-electron chi connectivity index (χ4n) is 5.58. The second-order valence-corrected chi connectivity index (χ2v) is 8.14. The Kier molecular flexibility index (Phi) is 2.99. The molecule has 0 aliphatic heterocycles. The van der Waals surface area contributed by atoms with Gasteiger partial charge in [0.05, 0.1) is 11.7 Å². The van der Waals surface area contributed by atoms with Gasteiger partial charge in [-0.1, -0.05) is 91.0 Å². The van der Waals surface area contributed by atoms with E-state index in [4.69, 9.17) is 4.42 Å². The summed E-state index contributed by atoms with van der Waals surface area (Å²) in [5.74, 6) is 0. The van der Waals surface area contributed by atoms with Gasteiger partial charge in [0.1, 0.15) is 5.58 Å². The Morgan fingerprint density at radius 1 is 0.533 bits per heavy atom. The first-order valence-corrected chi connectivity index (χ1v) is 10.4. The fourth-order valence-corrected chi connectivity index (χ4v) is 5.58. The molecule has 1 heteroatoms. The maximum atomic E-state index is 5.70. The van der Waals surface area contributed by atoms with Crippen LogP contribution in [0.4, 0.5) is 0 Å². The SMILES string of the molecule is C1=CC2(c3ccccc3-c3ccccc3-c3ccccc32)c2ccc3occc3c21. The van der Waals surface area contributed by atoms with Gasteiger partial charge in [0, 0.05) is 5.39 Å². The summed E-state index contributed by atoms with van der Waals surface area (Å²) in [6.45, 7) is 0. The van der Waals surface area contributed by atoms with Gasteiger partial charge in [0.15, 0.2) is 0 Å². The van der Waals surface area contributed by atoms with Crippen molar-refractivity contribution < 1.29 is 4.42 Å². The number of benzene rings is 4. The lowest BCUT2D eigenvalue weighted by atomic mass is 9.69. The minimum atomic E-state index is -0.326. The Labute approximate surface area is 174 Å². The average Bonchev–Trinajstić information content (AvgIpc) is 3.42. The molecule has 0 N–H and O–H groups in total. The fraction of sp³-hybridized carbons (Fsp3) is 0.0345. The summed E-state index contributed by atoms with van der Waals surface area (Å²) in [5.41, 5.74) is 11.1. The number of fused-ring (bicyclic) bond motifs is 11. The largest absolute Gasteiger partial charge is 0.464 e. The van der Waals surface area contributed by atoms with Crippen LogP contribution in [0, 0.1) is 0 Å². The summed E-state index contributed by atoms with van der Waals surface area (Å²) in [5, 5.41) is 1.18. The highest BCUT2D eigenvalue weighted by molar-refractivity contribution is 5.98. The molecule has 0 saturated carbocycles. The van der Waals surface area contributed by atoms with E-state index in [1.165, 1.54) is 49.9 Å². The highest BCUT2D eigenvalue weighted by atomic mass is 16.3. The Hall–Kier alpha value is -3.84. The number of rotatable bonds is 0. The van der Waals surface area contributed by atoms with Crippen LogP contribution in [0.2, 0.25) is 0 Å². The quantitative estimate of drug-likeness (QED) is 0.271. The van der Waals surface area contributed by atoms with Crippen LogP contribution in [0.5, 0.6) is 0 Å². The second-order valence-electron chi connectivity index (χ2n) is 8.14. The topological polar surface area (TPSA) is 13.1 Å². The summed E-state index contributed by atoms with van der Waals surface area (Å²) in [4.78, 5) is 0. The Morgan fingerprint density at radius 2 is 1.13 bits per heavy atom. The number of furan rings is 1. The molecule has 7 rings (SSSR count). The van der Waals surface area contributed by atoms with E-state index in [0.29, 0.717) is 0 Å². The molecule has 0 radical (unpaired) electrons. The maximum Gasteiger partial charge on any atom is 0.134 e. The monoisotopic (exact) mass is 382 g/mol. The van der Waals surface area contributed by atoms with Gasteiger partial charge in [0.25, 0.3) is 0 Å². The van der Waals surface area contributed by atoms with Crippen LogP contribution in [0.1, 0.15) is 22.3 Å². The van der Waals surface area contributed by atoms with Gasteiger partial charge >= 0.3 is 0 Å². The number of allylic oxidation sites excluding steroid dienone is 1. The third-order valence-corrected chi connectivity index (χ3v) is 6.81. The van der Waals surface area contributed by atoms with Gasteiger partial charge in [0.2, 0.25) is 0 Å². The van der Waals surface area contributed by atoms with Gasteiger partial charge in [-0.2, -0.15) is 0 Å². The number of hydrogen-bond acceptors (Lipinski definition) is 1. The van der Waals surface area contributed by atoms with Crippen LogP contribution in [0.25, 0.3) is 39.3 Å². The summed E-state index contributed by atoms with van der Waals surface area (Å²) >= 11 is 0. The first-order chi connectivity index (χ1) is 14.9. The molecule has 0 saturated heterocycles. The van der Waals surface area contributed by atoms with Crippen molar-refractivity contribution in [2.45, 2.75) is 5.41 Å². The smallest absolute Gasteiger partial charge is 0.134 e. The normalized spacial score (nSPS) is 14.8. The minimum Gasteiger partial charge on any atom is -0.464 e. The summed E-state index contributed by atoms with van der Waals surface area (Å²) < 4.78 is 5.70. The van der Waals surface area contributed by atoms with Crippen LogP contribution < -0.4 is 0 Å². The van der Waals surface area contributed by atoms with Crippen molar-refractivity contribution >= 4 is 17.0 Å². The van der Waals surface area contributed by atoms with Crippen LogP contribution in [0.15, 0.2) is 108 Å². The lowest BCUT2D eigenvalue weighted by Crippen LogP contribution is -2.26. The van der Waals surface area contributed by atoms with E-state index < -0.39 is 0 Å². The van der Waals surface area contributed by atoms with Crippen molar-refractivity contribution in [2.75, 3.05) is 0 Å². The Balaban J connectivity index is 1.70. The molecule has 0 unspecified atom stereocenters. The van der Waals surface area contributed by atoms with Crippen molar-refractivity contribution in [3.63, 3.8) is 0 Å². The third-order valence-electron chi connectivity index (χ3n) is 6.81. The van der Waals surface area contributed by atoms with Crippen LogP contribution >= 0.6 is 0 Å². The molecule has 1 heterocycles. The molecule has 1 nitrogen and oxygen atoms in total.